The first-order valence-corrected chi connectivity index (χ1v) is 12.5. The summed E-state index contributed by atoms with van der Waals surface area (Å²) < 4.78 is 18.5. The van der Waals surface area contributed by atoms with Gasteiger partial charge in [0.2, 0.25) is 0 Å². The Kier molecular flexibility index (Phi) is 8.15. The van der Waals surface area contributed by atoms with Crippen molar-refractivity contribution in [3.63, 3.8) is 0 Å². The van der Waals surface area contributed by atoms with Crippen molar-refractivity contribution in [2.45, 2.75) is 65.3 Å². The molecule has 2 aliphatic heterocycles. The van der Waals surface area contributed by atoms with Crippen molar-refractivity contribution in [2.75, 3.05) is 31.7 Å². The van der Waals surface area contributed by atoms with Crippen LogP contribution in [0, 0.1) is 11.8 Å². The van der Waals surface area contributed by atoms with Crippen LogP contribution in [-0.4, -0.2) is 59.0 Å². The fourth-order valence-electron chi connectivity index (χ4n) is 5.10. The molecule has 0 saturated carbocycles. The fraction of sp³-hybridized carbons (Fsp3) is 0.680. The summed E-state index contributed by atoms with van der Waals surface area (Å²) in [6.07, 6.45) is 5.55. The van der Waals surface area contributed by atoms with E-state index in [0.717, 1.165) is 86.7 Å². The Bertz CT molecular complexity index is 972. The molecule has 0 radical (unpaired) electrons. The lowest BCUT2D eigenvalue weighted by Crippen LogP contribution is -2.28. The highest BCUT2D eigenvalue weighted by atomic mass is 16.7. The monoisotopic (exact) mass is 471 g/mol. The molecule has 0 aromatic carbocycles. The van der Waals surface area contributed by atoms with E-state index in [0.29, 0.717) is 12.5 Å². The molecule has 0 bridgehead atoms. The number of hydrogen-bond acceptors (Lipinski definition) is 8. The van der Waals surface area contributed by atoms with Gasteiger partial charge < -0.3 is 19.1 Å². The first-order valence-electron chi connectivity index (χ1n) is 12.5. The first kappa shape index (κ1) is 24.6. The Balaban J connectivity index is 1.50. The second kappa shape index (κ2) is 11.3. The molecule has 34 heavy (non-hydrogen) atoms. The van der Waals surface area contributed by atoms with Crippen LogP contribution in [-0.2, 0) is 39.1 Å². The average molecular weight is 472 g/mol. The van der Waals surface area contributed by atoms with Crippen LogP contribution < -0.4 is 4.90 Å². The molecule has 9 nitrogen and oxygen atoms in total. The third-order valence-electron chi connectivity index (χ3n) is 7.09. The van der Waals surface area contributed by atoms with E-state index in [9.17, 15) is 4.79 Å². The Hall–Kier alpha value is -2.52. The maximum atomic E-state index is 12.2. The Morgan fingerprint density at radius 2 is 2.12 bits per heavy atom. The van der Waals surface area contributed by atoms with Crippen LogP contribution in [0.3, 0.4) is 0 Å². The van der Waals surface area contributed by atoms with Crippen LogP contribution >= 0.6 is 0 Å². The van der Waals surface area contributed by atoms with Gasteiger partial charge in [-0.15, -0.1) is 5.10 Å². The van der Waals surface area contributed by atoms with E-state index < -0.39 is 0 Å². The van der Waals surface area contributed by atoms with E-state index in [1.54, 1.807) is 4.68 Å². The van der Waals surface area contributed by atoms with Gasteiger partial charge in [-0.1, -0.05) is 19.1 Å². The lowest BCUT2D eigenvalue weighted by molar-refractivity contribution is -0.169. The molecule has 2 fully saturated rings. The molecule has 0 spiro atoms. The lowest BCUT2D eigenvalue weighted by atomic mass is 9.89. The zero-order valence-electron chi connectivity index (χ0n) is 20.8. The van der Waals surface area contributed by atoms with Crippen molar-refractivity contribution in [3.05, 3.63) is 23.5 Å². The van der Waals surface area contributed by atoms with Crippen molar-refractivity contribution >= 4 is 11.7 Å². The number of rotatable bonds is 9. The van der Waals surface area contributed by atoms with Gasteiger partial charge in [-0.25, -0.2) is 9.67 Å². The number of aromatic nitrogens is 4. The normalized spacial score (nSPS) is 21.6. The summed E-state index contributed by atoms with van der Waals surface area (Å²) in [5, 5.41) is 8.62. The van der Waals surface area contributed by atoms with Crippen LogP contribution in [0.1, 0.15) is 57.3 Å². The van der Waals surface area contributed by atoms with E-state index in [-0.39, 0.29) is 18.2 Å². The van der Waals surface area contributed by atoms with Crippen LogP contribution in [0.25, 0.3) is 11.4 Å². The smallest absolute Gasteiger partial charge is 0.308 e. The van der Waals surface area contributed by atoms with Gasteiger partial charge >= 0.3 is 5.97 Å². The summed E-state index contributed by atoms with van der Waals surface area (Å²) in [5.41, 5.74) is 4.59. The molecule has 2 aromatic heterocycles. The highest BCUT2D eigenvalue weighted by molar-refractivity contribution is 5.73. The molecule has 0 amide bonds. The summed E-state index contributed by atoms with van der Waals surface area (Å²) in [7, 11) is 3.35. The van der Waals surface area contributed by atoms with Gasteiger partial charge in [-0.2, -0.15) is 0 Å². The molecule has 0 N–H and O–H groups in total. The summed E-state index contributed by atoms with van der Waals surface area (Å²) in [4.78, 5) is 19.5. The molecule has 2 aromatic rings. The van der Waals surface area contributed by atoms with Crippen molar-refractivity contribution in [3.8, 4) is 11.4 Å². The minimum Gasteiger partial charge on any atom is -0.469 e. The average Bonchev–Trinajstić information content (AvgIpc) is 3.50. The quantitative estimate of drug-likeness (QED) is 0.513. The zero-order valence-corrected chi connectivity index (χ0v) is 20.8. The fourth-order valence-corrected chi connectivity index (χ4v) is 5.10. The number of anilines is 1. The minimum absolute atomic E-state index is 0.0531. The third-order valence-corrected chi connectivity index (χ3v) is 7.09. The molecule has 2 aliphatic rings. The van der Waals surface area contributed by atoms with Crippen molar-refractivity contribution in [1.82, 2.24) is 20.0 Å². The highest BCUT2D eigenvalue weighted by Gasteiger charge is 2.34. The maximum absolute atomic E-state index is 12.2. The standard InChI is InChI=1S/C25H37N5O4/c1-5-18(25(31)32-4)17-12-13-30(15-17)21-11-10-20(26-19(21)6-2)24-22(29(3)28-27-24)16-34-23-9-7-8-14-33-23/h10-11,17-18,23H,5-9,12-16H2,1-4H3/t17-,18?,23?/m1/s1. The van der Waals surface area contributed by atoms with Gasteiger partial charge in [0, 0.05) is 26.7 Å². The lowest BCUT2D eigenvalue weighted by Gasteiger charge is -2.24. The molecule has 4 heterocycles. The van der Waals surface area contributed by atoms with Gasteiger partial charge in [0.1, 0.15) is 5.69 Å². The molecule has 2 unspecified atom stereocenters. The predicted octanol–water partition coefficient (Wildman–Crippen LogP) is 3.51. The summed E-state index contributed by atoms with van der Waals surface area (Å²) in [6, 6.07) is 4.15. The van der Waals surface area contributed by atoms with Crippen molar-refractivity contribution < 1.29 is 19.0 Å². The number of carbonyl (C=O) groups is 1. The second-order valence-corrected chi connectivity index (χ2v) is 9.16. The number of ether oxygens (including phenoxy) is 3. The molecule has 3 atom stereocenters. The zero-order chi connectivity index (χ0) is 24.1. The SMILES string of the molecule is CCc1nc(-c2nnn(C)c2COC2CCCCO2)ccc1N1CC[C@@H](C(CC)C(=O)OC)C1. The number of carbonyl (C=O) groups excluding carboxylic acids is 1. The highest BCUT2D eigenvalue weighted by Crippen LogP contribution is 2.33. The van der Waals surface area contributed by atoms with Crippen LogP contribution in [0.5, 0.6) is 0 Å². The Morgan fingerprint density at radius 3 is 2.82 bits per heavy atom. The largest absolute Gasteiger partial charge is 0.469 e. The molecular formula is C25H37N5O4. The van der Waals surface area contributed by atoms with Gasteiger partial charge in [0.05, 0.1) is 42.4 Å². The predicted molar refractivity (Wildman–Crippen MR) is 128 cm³/mol. The number of methoxy groups -OCH3 is 1. The van der Waals surface area contributed by atoms with E-state index in [2.05, 4.69) is 35.1 Å². The van der Waals surface area contributed by atoms with E-state index >= 15 is 0 Å². The Labute approximate surface area is 201 Å². The molecule has 4 rings (SSSR count). The summed E-state index contributed by atoms with van der Waals surface area (Å²) >= 11 is 0. The van der Waals surface area contributed by atoms with Crippen LogP contribution in [0.4, 0.5) is 5.69 Å². The number of pyridine rings is 1. The van der Waals surface area contributed by atoms with Crippen molar-refractivity contribution in [1.29, 1.82) is 0 Å². The molecule has 0 aliphatic carbocycles. The number of nitrogens with zero attached hydrogens (tertiary/aromatic N) is 5. The maximum Gasteiger partial charge on any atom is 0.308 e. The summed E-state index contributed by atoms with van der Waals surface area (Å²) in [5.74, 6) is 0.143. The third kappa shape index (κ3) is 5.25. The van der Waals surface area contributed by atoms with Gasteiger partial charge in [-0.05, 0) is 56.6 Å². The molecule has 2 saturated heterocycles. The van der Waals surface area contributed by atoms with Crippen LogP contribution in [0.15, 0.2) is 12.1 Å². The number of hydrogen-bond donors (Lipinski definition) is 0. The molecule has 186 valence electrons. The first-order chi connectivity index (χ1) is 16.5. The van der Waals surface area contributed by atoms with E-state index in [1.807, 2.05) is 13.1 Å². The van der Waals surface area contributed by atoms with Gasteiger partial charge in [0.25, 0.3) is 0 Å². The number of aryl methyl sites for hydroxylation is 2. The summed E-state index contributed by atoms with van der Waals surface area (Å²) in [6.45, 7) is 7.06. The van der Waals surface area contributed by atoms with Gasteiger partial charge in [-0.3, -0.25) is 4.79 Å². The molecule has 9 heteroatoms. The molecular weight excluding hydrogens is 434 g/mol. The minimum atomic E-state index is -0.168. The number of esters is 1. The van der Waals surface area contributed by atoms with Gasteiger partial charge in [0.15, 0.2) is 6.29 Å². The Morgan fingerprint density at radius 1 is 1.26 bits per heavy atom. The van der Waals surface area contributed by atoms with E-state index in [1.165, 1.54) is 7.11 Å². The van der Waals surface area contributed by atoms with E-state index in [4.69, 9.17) is 19.2 Å². The topological polar surface area (TPSA) is 91.6 Å². The second-order valence-electron chi connectivity index (χ2n) is 9.16. The van der Waals surface area contributed by atoms with Crippen molar-refractivity contribution in [2.24, 2.45) is 18.9 Å². The van der Waals surface area contributed by atoms with Crippen LogP contribution in [0.2, 0.25) is 0 Å².